The van der Waals surface area contributed by atoms with Crippen LogP contribution in [0.3, 0.4) is 0 Å². The monoisotopic (exact) mass is 182 g/mol. The van der Waals surface area contributed by atoms with Crippen molar-refractivity contribution in [2.75, 3.05) is 0 Å². The van der Waals surface area contributed by atoms with E-state index in [1.807, 2.05) is 20.8 Å². The van der Waals surface area contributed by atoms with E-state index in [9.17, 15) is 9.59 Å². The van der Waals surface area contributed by atoms with Crippen molar-refractivity contribution < 1.29 is 14.7 Å². The molecule has 1 aliphatic carbocycles. The van der Waals surface area contributed by atoms with E-state index in [-0.39, 0.29) is 17.3 Å². The number of rotatable bonds is 2. The van der Waals surface area contributed by atoms with Gasteiger partial charge in [-0.15, -0.1) is 0 Å². The van der Waals surface area contributed by atoms with E-state index in [1.54, 1.807) is 0 Å². The Labute approximate surface area is 77.4 Å². The number of ketones is 1. The van der Waals surface area contributed by atoms with Crippen molar-refractivity contribution in [2.45, 2.75) is 27.2 Å². The summed E-state index contributed by atoms with van der Waals surface area (Å²) in [5.74, 6) is -0.878. The van der Waals surface area contributed by atoms with E-state index in [2.05, 4.69) is 0 Å². The summed E-state index contributed by atoms with van der Waals surface area (Å²) in [6.45, 7) is 5.72. The molecule has 0 bridgehead atoms. The second-order valence-corrected chi connectivity index (χ2v) is 4.08. The summed E-state index contributed by atoms with van der Waals surface area (Å²) in [6.07, 6.45) is 1.59. The Bertz CT molecular complexity index is 289. The summed E-state index contributed by atoms with van der Waals surface area (Å²) in [5, 5.41) is 8.90. The second kappa shape index (κ2) is 2.98. The highest BCUT2D eigenvalue weighted by Crippen LogP contribution is 2.43. The zero-order valence-electron chi connectivity index (χ0n) is 8.13. The number of carboxylic acid groups (broad SMARTS) is 1. The topological polar surface area (TPSA) is 54.4 Å². The number of aliphatic carboxylic acids is 1. The van der Waals surface area contributed by atoms with Crippen molar-refractivity contribution in [3.05, 3.63) is 11.6 Å². The summed E-state index contributed by atoms with van der Waals surface area (Å²) in [5.41, 5.74) is -0.226. The molecule has 0 saturated carbocycles. The van der Waals surface area contributed by atoms with Crippen LogP contribution in [0.2, 0.25) is 0 Å². The summed E-state index contributed by atoms with van der Waals surface area (Å²) in [7, 11) is 0. The van der Waals surface area contributed by atoms with Gasteiger partial charge in [0.15, 0.2) is 5.78 Å². The number of carboxylic acids is 1. The molecular formula is C10H14O3. The average Bonchev–Trinajstić information content (AvgIpc) is 2.27. The largest absolute Gasteiger partial charge is 0.478 e. The van der Waals surface area contributed by atoms with Crippen molar-refractivity contribution >= 4 is 11.8 Å². The van der Waals surface area contributed by atoms with Gasteiger partial charge in [0.2, 0.25) is 0 Å². The highest BCUT2D eigenvalue weighted by atomic mass is 16.4. The van der Waals surface area contributed by atoms with E-state index >= 15 is 0 Å². The first-order valence-electron chi connectivity index (χ1n) is 4.36. The van der Waals surface area contributed by atoms with Gasteiger partial charge >= 0.3 is 5.97 Å². The molecule has 0 aromatic carbocycles. The third-order valence-electron chi connectivity index (χ3n) is 2.97. The molecule has 0 aromatic rings. The minimum Gasteiger partial charge on any atom is -0.478 e. The highest BCUT2D eigenvalue weighted by molar-refractivity contribution is 6.04. The van der Waals surface area contributed by atoms with Gasteiger partial charge in [0.25, 0.3) is 0 Å². The van der Waals surface area contributed by atoms with Crippen molar-refractivity contribution in [2.24, 2.45) is 11.3 Å². The Morgan fingerprint density at radius 1 is 1.62 bits per heavy atom. The van der Waals surface area contributed by atoms with Gasteiger partial charge in [-0.1, -0.05) is 20.8 Å². The van der Waals surface area contributed by atoms with Gasteiger partial charge < -0.3 is 5.11 Å². The maximum atomic E-state index is 11.1. The molecule has 1 unspecified atom stereocenters. The first kappa shape index (κ1) is 9.96. The molecule has 3 nitrogen and oxygen atoms in total. The van der Waals surface area contributed by atoms with E-state index in [0.29, 0.717) is 6.42 Å². The van der Waals surface area contributed by atoms with Gasteiger partial charge in [-0.25, -0.2) is 4.79 Å². The molecule has 0 spiro atoms. The normalized spacial score (nSPS) is 28.0. The molecule has 0 amide bonds. The quantitative estimate of drug-likeness (QED) is 0.706. The Morgan fingerprint density at radius 2 is 2.15 bits per heavy atom. The van der Waals surface area contributed by atoms with E-state index < -0.39 is 11.4 Å². The fourth-order valence-electron chi connectivity index (χ4n) is 1.66. The molecule has 0 aliphatic heterocycles. The number of allylic oxidation sites excluding steroid dienone is 1. The predicted octanol–water partition coefficient (Wildman–Crippen LogP) is 1.63. The summed E-state index contributed by atoms with van der Waals surface area (Å²) >= 11 is 0. The standard InChI is InChI=1S/C10H14O3/c1-6(2)10(3)5-7(11)4-8(10)9(12)13/h4,6H,5H2,1-3H3,(H,12,13). The van der Waals surface area contributed by atoms with Crippen molar-refractivity contribution in [3.8, 4) is 0 Å². The van der Waals surface area contributed by atoms with Crippen LogP contribution in [0.15, 0.2) is 11.6 Å². The van der Waals surface area contributed by atoms with E-state index in [1.165, 1.54) is 6.08 Å². The summed E-state index contributed by atoms with van der Waals surface area (Å²) in [4.78, 5) is 22.0. The number of carbonyl (C=O) groups excluding carboxylic acids is 1. The molecule has 1 atom stereocenters. The highest BCUT2D eigenvalue weighted by Gasteiger charge is 2.42. The Morgan fingerprint density at radius 3 is 2.46 bits per heavy atom. The number of carbonyl (C=O) groups is 2. The van der Waals surface area contributed by atoms with Gasteiger partial charge in [0, 0.05) is 17.4 Å². The van der Waals surface area contributed by atoms with E-state index in [4.69, 9.17) is 5.11 Å². The van der Waals surface area contributed by atoms with Gasteiger partial charge in [-0.3, -0.25) is 4.79 Å². The maximum Gasteiger partial charge on any atom is 0.332 e. The summed E-state index contributed by atoms with van der Waals surface area (Å²) in [6, 6.07) is 0. The van der Waals surface area contributed by atoms with Crippen molar-refractivity contribution in [1.82, 2.24) is 0 Å². The molecule has 72 valence electrons. The van der Waals surface area contributed by atoms with Gasteiger partial charge in [0.05, 0.1) is 0 Å². The van der Waals surface area contributed by atoms with E-state index in [0.717, 1.165) is 0 Å². The molecule has 0 heterocycles. The van der Waals surface area contributed by atoms with Crippen LogP contribution >= 0.6 is 0 Å². The lowest BCUT2D eigenvalue weighted by atomic mass is 9.74. The Balaban J connectivity index is 3.09. The van der Waals surface area contributed by atoms with Crippen molar-refractivity contribution in [1.29, 1.82) is 0 Å². The lowest BCUT2D eigenvalue weighted by molar-refractivity contribution is -0.134. The third-order valence-corrected chi connectivity index (χ3v) is 2.97. The van der Waals surface area contributed by atoms with Gasteiger partial charge in [0.1, 0.15) is 0 Å². The molecule has 0 radical (unpaired) electrons. The zero-order valence-corrected chi connectivity index (χ0v) is 8.13. The second-order valence-electron chi connectivity index (χ2n) is 4.08. The summed E-state index contributed by atoms with van der Waals surface area (Å²) < 4.78 is 0. The minimum absolute atomic E-state index is 0.0754. The Kier molecular flexibility index (Phi) is 2.28. The molecule has 0 aromatic heterocycles. The van der Waals surface area contributed by atoms with Crippen LogP contribution in [-0.2, 0) is 9.59 Å². The fourth-order valence-corrected chi connectivity index (χ4v) is 1.66. The lowest BCUT2D eigenvalue weighted by Gasteiger charge is -2.29. The minimum atomic E-state index is -0.970. The Hall–Kier alpha value is -1.12. The molecule has 1 aliphatic rings. The fraction of sp³-hybridized carbons (Fsp3) is 0.600. The van der Waals surface area contributed by atoms with Crippen LogP contribution in [0, 0.1) is 11.3 Å². The van der Waals surface area contributed by atoms with Gasteiger partial charge in [-0.05, 0) is 12.0 Å². The molecular weight excluding hydrogens is 168 g/mol. The van der Waals surface area contributed by atoms with Crippen LogP contribution in [0.5, 0.6) is 0 Å². The van der Waals surface area contributed by atoms with Crippen LogP contribution in [0.4, 0.5) is 0 Å². The molecule has 13 heavy (non-hydrogen) atoms. The third kappa shape index (κ3) is 1.50. The number of hydrogen-bond donors (Lipinski definition) is 1. The molecule has 1 N–H and O–H groups in total. The average molecular weight is 182 g/mol. The molecule has 0 fully saturated rings. The van der Waals surface area contributed by atoms with Crippen molar-refractivity contribution in [3.63, 3.8) is 0 Å². The predicted molar refractivity (Wildman–Crippen MR) is 48.3 cm³/mol. The number of hydrogen-bond acceptors (Lipinski definition) is 2. The molecule has 0 saturated heterocycles. The van der Waals surface area contributed by atoms with Crippen LogP contribution < -0.4 is 0 Å². The van der Waals surface area contributed by atoms with Crippen LogP contribution in [0.25, 0.3) is 0 Å². The maximum absolute atomic E-state index is 11.1. The zero-order chi connectivity index (χ0) is 10.2. The molecule has 1 rings (SSSR count). The smallest absolute Gasteiger partial charge is 0.332 e. The SMILES string of the molecule is CC(C)C1(C)CC(=O)C=C1C(=O)O. The first-order chi connectivity index (χ1) is 5.88. The van der Waals surface area contributed by atoms with Crippen LogP contribution in [-0.4, -0.2) is 16.9 Å². The van der Waals surface area contributed by atoms with Gasteiger partial charge in [-0.2, -0.15) is 0 Å². The molecule has 3 heteroatoms. The van der Waals surface area contributed by atoms with Crippen LogP contribution in [0.1, 0.15) is 27.2 Å². The lowest BCUT2D eigenvalue weighted by Crippen LogP contribution is -2.27. The first-order valence-corrected chi connectivity index (χ1v) is 4.36.